The van der Waals surface area contributed by atoms with Crippen LogP contribution in [0.2, 0.25) is 0 Å². The van der Waals surface area contributed by atoms with E-state index in [9.17, 15) is 5.11 Å². The highest BCUT2D eigenvalue weighted by Crippen LogP contribution is 2.16. The Morgan fingerprint density at radius 2 is 1.74 bits per heavy atom. The second-order valence-corrected chi connectivity index (χ2v) is 7.22. The third kappa shape index (κ3) is 6.28. The molecule has 0 bridgehead atoms. The normalized spacial score (nSPS) is 12.2. The molecule has 0 saturated heterocycles. The summed E-state index contributed by atoms with van der Waals surface area (Å²) >= 11 is 0. The minimum absolute atomic E-state index is 0.206. The van der Waals surface area contributed by atoms with E-state index in [0.717, 1.165) is 17.1 Å². The van der Waals surface area contributed by atoms with Gasteiger partial charge in [-0.15, -0.1) is 0 Å². The van der Waals surface area contributed by atoms with E-state index in [-0.39, 0.29) is 6.61 Å². The van der Waals surface area contributed by atoms with Crippen LogP contribution in [0.3, 0.4) is 0 Å². The van der Waals surface area contributed by atoms with Crippen LogP contribution in [0.1, 0.15) is 11.7 Å². The van der Waals surface area contributed by atoms with E-state index < -0.39 is 6.10 Å². The van der Waals surface area contributed by atoms with Crippen LogP contribution in [-0.2, 0) is 13.0 Å². The van der Waals surface area contributed by atoms with Crippen LogP contribution in [0.15, 0.2) is 88.0 Å². The maximum atomic E-state index is 10.5. The zero-order valence-electron chi connectivity index (χ0n) is 17.1. The fraction of sp³-hybridized carbons (Fsp3) is 0.250. The quantitative estimate of drug-likeness (QED) is 0.396. The van der Waals surface area contributed by atoms with Crippen LogP contribution >= 0.6 is 0 Å². The summed E-state index contributed by atoms with van der Waals surface area (Å²) in [6, 6.07) is 23.0. The van der Waals surface area contributed by atoms with E-state index in [1.807, 2.05) is 72.8 Å². The van der Waals surface area contributed by atoms with Crippen molar-refractivity contribution in [3.63, 3.8) is 0 Å². The Hall–Kier alpha value is -3.42. The molecule has 2 heterocycles. The molecule has 1 N–H and O–H groups in total. The van der Waals surface area contributed by atoms with Gasteiger partial charge in [-0.3, -0.25) is 4.90 Å². The average Bonchev–Trinajstić information content (AvgIpc) is 3.50. The molecule has 0 aliphatic carbocycles. The van der Waals surface area contributed by atoms with Crippen LogP contribution in [0, 0.1) is 0 Å². The molecule has 0 saturated carbocycles. The van der Waals surface area contributed by atoms with Crippen molar-refractivity contribution in [1.29, 1.82) is 0 Å². The molecule has 31 heavy (non-hydrogen) atoms. The van der Waals surface area contributed by atoms with Gasteiger partial charge >= 0.3 is 0 Å². The summed E-state index contributed by atoms with van der Waals surface area (Å²) in [7, 11) is 0. The number of aliphatic hydroxyl groups excluding tert-OH is 1. The summed E-state index contributed by atoms with van der Waals surface area (Å²) in [5.74, 6) is 2.69. The molecule has 0 spiro atoms. The van der Waals surface area contributed by atoms with Crippen molar-refractivity contribution >= 4 is 0 Å². The summed E-state index contributed by atoms with van der Waals surface area (Å²) in [5.41, 5.74) is 0.915. The van der Waals surface area contributed by atoms with Gasteiger partial charge in [-0.1, -0.05) is 53.7 Å². The topological polar surface area (TPSA) is 84.8 Å². The van der Waals surface area contributed by atoms with E-state index in [4.69, 9.17) is 13.7 Å². The minimum Gasteiger partial charge on any atom is -0.491 e. The molecule has 160 valence electrons. The third-order valence-electron chi connectivity index (χ3n) is 4.76. The highest BCUT2D eigenvalue weighted by Gasteiger charge is 2.16. The molecule has 2 aromatic carbocycles. The van der Waals surface area contributed by atoms with E-state index in [1.165, 1.54) is 0 Å². The molecule has 7 heteroatoms. The van der Waals surface area contributed by atoms with Gasteiger partial charge in [0.1, 0.15) is 24.2 Å². The summed E-state index contributed by atoms with van der Waals surface area (Å²) in [5, 5.41) is 14.6. The Morgan fingerprint density at radius 3 is 2.48 bits per heavy atom. The number of aliphatic hydroxyl groups is 1. The van der Waals surface area contributed by atoms with Gasteiger partial charge in [-0.05, 0) is 24.3 Å². The van der Waals surface area contributed by atoms with E-state index >= 15 is 0 Å². The molecule has 4 rings (SSSR count). The Morgan fingerprint density at radius 1 is 0.968 bits per heavy atom. The van der Waals surface area contributed by atoms with Crippen LogP contribution < -0.4 is 4.74 Å². The number of nitrogens with zero attached hydrogens (tertiary/aromatic N) is 3. The van der Waals surface area contributed by atoms with Gasteiger partial charge in [0, 0.05) is 25.1 Å². The van der Waals surface area contributed by atoms with Crippen molar-refractivity contribution in [2.45, 2.75) is 19.1 Å². The Bertz CT molecular complexity index is 1020. The Kier molecular flexibility index (Phi) is 7.10. The molecule has 4 aromatic rings. The van der Waals surface area contributed by atoms with Crippen LogP contribution in [-0.4, -0.2) is 45.9 Å². The van der Waals surface area contributed by atoms with Gasteiger partial charge in [0.25, 0.3) is 0 Å². The average molecular weight is 419 g/mol. The van der Waals surface area contributed by atoms with Gasteiger partial charge in [0.15, 0.2) is 0 Å². The third-order valence-corrected chi connectivity index (χ3v) is 4.76. The number of hydrogen-bond donors (Lipinski definition) is 1. The van der Waals surface area contributed by atoms with E-state index in [1.54, 1.807) is 6.26 Å². The molecule has 1 unspecified atom stereocenters. The predicted molar refractivity (Wildman–Crippen MR) is 115 cm³/mol. The molecule has 0 fully saturated rings. The lowest BCUT2D eigenvalue weighted by Gasteiger charge is -2.23. The van der Waals surface area contributed by atoms with E-state index in [0.29, 0.717) is 37.8 Å². The maximum absolute atomic E-state index is 10.5. The zero-order chi connectivity index (χ0) is 21.3. The molecule has 0 amide bonds. The summed E-state index contributed by atoms with van der Waals surface area (Å²) in [4.78, 5) is 6.58. The predicted octanol–water partition coefficient (Wildman–Crippen LogP) is 3.81. The molecule has 0 aliphatic heterocycles. The van der Waals surface area contributed by atoms with Gasteiger partial charge in [0.2, 0.25) is 11.7 Å². The van der Waals surface area contributed by atoms with E-state index in [2.05, 4.69) is 15.0 Å². The minimum atomic E-state index is -0.655. The summed E-state index contributed by atoms with van der Waals surface area (Å²) in [6.07, 6.45) is 1.55. The number of furan rings is 1. The van der Waals surface area contributed by atoms with Crippen LogP contribution in [0.25, 0.3) is 11.4 Å². The van der Waals surface area contributed by atoms with Crippen LogP contribution in [0.5, 0.6) is 5.75 Å². The smallest absolute Gasteiger partial charge is 0.228 e. The Labute approximate surface area is 180 Å². The molecule has 0 radical (unpaired) electrons. The lowest BCUT2D eigenvalue weighted by atomic mass is 10.2. The fourth-order valence-corrected chi connectivity index (χ4v) is 3.23. The first kappa shape index (κ1) is 20.8. The second-order valence-electron chi connectivity index (χ2n) is 7.22. The molecular formula is C24H25N3O4. The largest absolute Gasteiger partial charge is 0.491 e. The Balaban J connectivity index is 1.34. The number of benzene rings is 2. The molecule has 0 aliphatic rings. The highest BCUT2D eigenvalue weighted by atomic mass is 16.5. The number of rotatable bonds is 11. The monoisotopic (exact) mass is 419 g/mol. The van der Waals surface area contributed by atoms with Gasteiger partial charge in [0.05, 0.1) is 12.8 Å². The highest BCUT2D eigenvalue weighted by molar-refractivity contribution is 5.53. The van der Waals surface area contributed by atoms with Gasteiger partial charge in [-0.25, -0.2) is 0 Å². The van der Waals surface area contributed by atoms with Crippen molar-refractivity contribution in [2.24, 2.45) is 0 Å². The SMILES string of the molecule is OC(COc1ccccc1)CN(CCc1nc(-c2ccccc2)no1)Cc1ccco1. The van der Waals surface area contributed by atoms with Crippen molar-refractivity contribution in [2.75, 3.05) is 19.7 Å². The number of hydrogen-bond acceptors (Lipinski definition) is 7. The lowest BCUT2D eigenvalue weighted by molar-refractivity contribution is 0.0629. The molecule has 7 nitrogen and oxygen atoms in total. The molecule has 2 aromatic heterocycles. The first-order valence-corrected chi connectivity index (χ1v) is 10.2. The lowest BCUT2D eigenvalue weighted by Crippen LogP contribution is -2.36. The van der Waals surface area contributed by atoms with Crippen molar-refractivity contribution in [3.8, 4) is 17.1 Å². The number of ether oxygens (including phenoxy) is 1. The fourth-order valence-electron chi connectivity index (χ4n) is 3.23. The van der Waals surface area contributed by atoms with Crippen molar-refractivity contribution < 1.29 is 18.8 Å². The zero-order valence-corrected chi connectivity index (χ0v) is 17.1. The second kappa shape index (κ2) is 10.6. The molecule has 1 atom stereocenters. The van der Waals surface area contributed by atoms with Gasteiger partial charge in [-0.2, -0.15) is 4.98 Å². The first-order valence-electron chi connectivity index (χ1n) is 10.2. The summed E-state index contributed by atoms with van der Waals surface area (Å²) in [6.45, 7) is 1.82. The van der Waals surface area contributed by atoms with Gasteiger partial charge < -0.3 is 18.8 Å². The summed E-state index contributed by atoms with van der Waals surface area (Å²) < 4.78 is 16.6. The first-order chi connectivity index (χ1) is 15.3. The standard InChI is InChI=1S/C24H25N3O4/c28-20(18-30-21-10-5-2-6-11-21)16-27(17-22-12-7-15-29-22)14-13-23-25-24(26-31-23)19-8-3-1-4-9-19/h1-12,15,20,28H,13-14,16-18H2. The number of aromatic nitrogens is 2. The maximum Gasteiger partial charge on any atom is 0.228 e. The molecular weight excluding hydrogens is 394 g/mol. The van der Waals surface area contributed by atoms with Crippen molar-refractivity contribution in [3.05, 3.63) is 90.7 Å². The van der Waals surface area contributed by atoms with Crippen molar-refractivity contribution in [1.82, 2.24) is 15.0 Å². The number of para-hydroxylation sites is 1. The van der Waals surface area contributed by atoms with Crippen LogP contribution in [0.4, 0.5) is 0 Å².